The standard InChI is InChI=1S/C63H103NO18.C30H37N9O6/c1-12-76-29-30-78-33-34-79-32-31-77-28-18-22-56(66)80-52-26-24-48(38-55(52)74-10)37-44(5)54-40-51(65)43(4)36-46(7)58(68)59(75-11)57(67)45(6)35-41(2)19-14-13-15-20-42(3)53(73-9)39-49-25-23-47(8)63(72,82-49)60(69)61(70)64-27-17-16-21-50(64)62(71)81-54;1-2-41-9-10-43-13-14-44-12-11-42-8-7-22(40)4-6-25-33-16-20(17-34-25)18-39-29-26(28(31)35-19-36-29)27(38-39)21-3-5-24-23(15-21)37-30(32)45-24/h13-15,19-20,36,41,43-45,47-55,58-59,65,68,72H,12,16-18,21-35,37-40H2,1-11H3;3,5,15-17,19H,2,4,6-14,18H2,1H3,(H2,32,37)(H2,31,35,36)/b15-13+,19-14+,42-20+,46-36+;/t41-,43-,44-,45-,47-,48+,49+,50+,51-,52-,53+,54+,55-,58-,59+,63-;/m1./s1. The summed E-state index contributed by atoms with van der Waals surface area (Å²) in [6.45, 7) is 25.1. The molecule has 127 heavy (non-hydrogen) atoms. The third-order valence-corrected chi connectivity index (χ3v) is 23.7. The van der Waals surface area contributed by atoms with Crippen molar-refractivity contribution in [3.05, 3.63) is 95.9 Å². The zero-order valence-corrected chi connectivity index (χ0v) is 76.5. The largest absolute Gasteiger partial charge is 0.460 e. The molecule has 0 unspecified atom stereocenters. The highest BCUT2D eigenvalue weighted by molar-refractivity contribution is 6.39. The number of methoxy groups -OCH3 is 3. The Morgan fingerprint density at radius 3 is 2.01 bits per heavy atom. The molecule has 2 saturated heterocycles. The number of hydrogen-bond acceptors (Lipinski definition) is 32. The fraction of sp³-hybridized carbons (Fsp3) is 0.677. The SMILES string of the molecule is CCOCCOCCOCCOCCC(=O)CCc1ncc(Cn2nc(-c3ccc4oc(N)nc4c3)c3c(N)ncnc32)cn1.CCOCCOCCOCCOCCCC(=O)O[C@@H]1CC[C@@H](C[C@@H](C)[C@@H]2C[C@@H](O)[C@H](C)/C=C(\C)[C@@H](O)[C@@H](OC)C(=O)[C@H](C)C[C@H](C)/C=C/C=C/C=C(\C)[C@@H](OC)C[C@@H]3CC[C@@H](C)[C@@](O)(O3)C(=O)C(=O)N3CCCC[C@H]3C(=O)O2)C[C@H]1OC. The lowest BCUT2D eigenvalue weighted by Crippen LogP contribution is -2.61. The van der Waals surface area contributed by atoms with Crippen molar-refractivity contribution in [2.24, 2.45) is 35.5 Å². The molecule has 706 valence electrons. The molecule has 3 fully saturated rings. The van der Waals surface area contributed by atoms with Gasteiger partial charge in [0.1, 0.15) is 65.4 Å². The van der Waals surface area contributed by atoms with Crippen molar-refractivity contribution in [3.63, 3.8) is 0 Å². The van der Waals surface area contributed by atoms with Crippen molar-refractivity contribution in [2.45, 2.75) is 239 Å². The minimum atomic E-state index is -2.45. The third kappa shape index (κ3) is 32.9. The normalized spacial score (nSPS) is 26.9. The van der Waals surface area contributed by atoms with Crippen LogP contribution in [0, 0.1) is 35.5 Å². The molecular weight excluding hydrogens is 1640 g/mol. The van der Waals surface area contributed by atoms with E-state index in [1.54, 1.807) is 64.2 Å². The fourth-order valence-electron chi connectivity index (χ4n) is 16.3. The lowest BCUT2D eigenvalue weighted by atomic mass is 9.78. The first-order valence-corrected chi connectivity index (χ1v) is 45.1. The summed E-state index contributed by atoms with van der Waals surface area (Å²) in [5, 5.41) is 41.1. The van der Waals surface area contributed by atoms with E-state index in [1.807, 2.05) is 84.1 Å². The number of Topliss-reactive ketones (excluding diaryl/α,β-unsaturated/α-hetero) is 3. The summed E-state index contributed by atoms with van der Waals surface area (Å²) in [4.78, 5) is 106. The average molecular weight is 1780 g/mol. The van der Waals surface area contributed by atoms with Crippen molar-refractivity contribution in [1.29, 1.82) is 0 Å². The molecule has 1 amide bonds. The molecule has 7 heterocycles. The van der Waals surface area contributed by atoms with Gasteiger partial charge in [-0.05, 0) is 145 Å². The van der Waals surface area contributed by atoms with E-state index in [-0.39, 0.29) is 73.2 Å². The number of ether oxygens (including phenoxy) is 14. The van der Waals surface area contributed by atoms with Gasteiger partial charge in [-0.2, -0.15) is 10.1 Å². The van der Waals surface area contributed by atoms with Gasteiger partial charge >= 0.3 is 11.9 Å². The predicted molar refractivity (Wildman–Crippen MR) is 473 cm³/mol. The van der Waals surface area contributed by atoms with Gasteiger partial charge in [0.15, 0.2) is 17.0 Å². The number of benzene rings is 1. The number of cyclic esters (lactones) is 1. The van der Waals surface area contributed by atoms with E-state index < -0.39 is 90.0 Å². The number of rotatable bonds is 40. The number of ketones is 3. The number of aromatic nitrogens is 7. The molecule has 0 spiro atoms. The summed E-state index contributed by atoms with van der Waals surface area (Å²) in [6.07, 6.45) is 16.9. The van der Waals surface area contributed by atoms with Crippen LogP contribution in [0.1, 0.15) is 176 Å². The lowest BCUT2D eigenvalue weighted by Gasteiger charge is -2.43. The van der Waals surface area contributed by atoms with Crippen LogP contribution in [-0.4, -0.2) is 284 Å². The maximum atomic E-state index is 14.7. The number of hydrogen-bond donors (Lipinski definition) is 5. The van der Waals surface area contributed by atoms with Crippen LogP contribution in [0.4, 0.5) is 11.8 Å². The lowest BCUT2D eigenvalue weighted by molar-refractivity contribution is -0.265. The van der Waals surface area contributed by atoms with Gasteiger partial charge in [0.05, 0.1) is 122 Å². The van der Waals surface area contributed by atoms with Crippen LogP contribution >= 0.6 is 0 Å². The monoisotopic (exact) mass is 1780 g/mol. The maximum absolute atomic E-state index is 14.7. The zero-order valence-electron chi connectivity index (χ0n) is 76.5. The number of nitrogens with zero attached hydrogens (tertiary/aromatic N) is 8. The van der Waals surface area contributed by atoms with E-state index in [0.29, 0.717) is 247 Å². The number of nitrogen functional groups attached to an aromatic ring is 2. The van der Waals surface area contributed by atoms with Gasteiger partial charge in [-0.1, -0.05) is 71.1 Å². The molecule has 16 atom stereocenters. The fourth-order valence-corrected chi connectivity index (χ4v) is 16.3. The van der Waals surface area contributed by atoms with Crippen LogP contribution in [0.2, 0.25) is 0 Å². The molecule has 1 saturated carbocycles. The van der Waals surface area contributed by atoms with E-state index in [4.69, 9.17) is 87.3 Å². The summed E-state index contributed by atoms with van der Waals surface area (Å²) < 4.78 is 86.5. The topological polar surface area (TPSA) is 443 Å². The number of anilines is 2. The highest BCUT2D eigenvalue weighted by Crippen LogP contribution is 2.40. The Bertz CT molecular complexity index is 4310. The van der Waals surface area contributed by atoms with Crippen molar-refractivity contribution in [2.75, 3.05) is 145 Å². The summed E-state index contributed by atoms with van der Waals surface area (Å²) in [7, 11) is 4.56. The Balaban J connectivity index is 0.000000370. The summed E-state index contributed by atoms with van der Waals surface area (Å²) in [5.74, 6) is -7.00. The van der Waals surface area contributed by atoms with Crippen LogP contribution in [0.25, 0.3) is 33.4 Å². The number of aryl methyl sites for hydroxylation is 1. The number of oxazole rings is 1. The number of aliphatic hydroxyl groups excluding tert-OH is 2. The number of carbonyl (C=O) groups is 6. The number of allylic oxidation sites excluding steroid dienone is 5. The second kappa shape index (κ2) is 55.0. The van der Waals surface area contributed by atoms with E-state index in [0.717, 1.165) is 16.7 Å². The molecule has 1 aliphatic carbocycles. The molecule has 0 radical (unpaired) electrons. The van der Waals surface area contributed by atoms with E-state index in [9.17, 15) is 44.1 Å². The highest BCUT2D eigenvalue weighted by Gasteiger charge is 2.53. The van der Waals surface area contributed by atoms with Gasteiger partial charge in [-0.25, -0.2) is 29.4 Å². The van der Waals surface area contributed by atoms with Crippen molar-refractivity contribution >= 4 is 69.2 Å². The first-order chi connectivity index (χ1) is 61.2. The van der Waals surface area contributed by atoms with Crippen LogP contribution in [0.5, 0.6) is 0 Å². The van der Waals surface area contributed by atoms with Gasteiger partial charge in [0.25, 0.3) is 17.7 Å². The van der Waals surface area contributed by atoms with Crippen molar-refractivity contribution < 1.29 is 115 Å². The van der Waals surface area contributed by atoms with Gasteiger partial charge in [0, 0.05) is 127 Å². The summed E-state index contributed by atoms with van der Waals surface area (Å²) in [5.41, 5.74) is 17.2. The van der Waals surface area contributed by atoms with Crippen molar-refractivity contribution in [3.8, 4) is 11.3 Å². The molecule has 7 N–H and O–H groups in total. The van der Waals surface area contributed by atoms with Gasteiger partial charge < -0.3 is 102 Å². The number of piperidine rings is 1. The molecule has 1 aromatic carbocycles. The number of aliphatic hydroxyl groups is 3. The van der Waals surface area contributed by atoms with Crippen LogP contribution in [0.3, 0.4) is 0 Å². The average Bonchev–Trinajstić information content (AvgIpc) is 1.69. The second-order valence-electron chi connectivity index (χ2n) is 33.4. The van der Waals surface area contributed by atoms with E-state index in [2.05, 4.69) is 24.9 Å². The molecule has 34 nitrogen and oxygen atoms in total. The van der Waals surface area contributed by atoms with Crippen LogP contribution in [0.15, 0.2) is 88.9 Å². The molecular formula is C93H140N10O24. The van der Waals surface area contributed by atoms with Gasteiger partial charge in [-0.3, -0.25) is 24.0 Å². The summed E-state index contributed by atoms with van der Waals surface area (Å²) >= 11 is 0. The Morgan fingerprint density at radius 2 is 1.35 bits per heavy atom. The van der Waals surface area contributed by atoms with Gasteiger partial charge in [0.2, 0.25) is 5.79 Å². The van der Waals surface area contributed by atoms with Crippen LogP contribution in [-0.2, 0) is 108 Å². The Hall–Kier alpha value is -8.30. The van der Waals surface area contributed by atoms with E-state index in [1.165, 1.54) is 18.3 Å². The number of esters is 2. The van der Waals surface area contributed by atoms with E-state index >= 15 is 0 Å². The Labute approximate surface area is 746 Å². The number of fused-ring (bicyclic) bond motifs is 5. The molecule has 34 heteroatoms. The first-order valence-electron chi connectivity index (χ1n) is 45.1. The molecule has 4 aliphatic rings. The molecule has 2 bridgehead atoms. The highest BCUT2D eigenvalue weighted by atomic mass is 16.6. The van der Waals surface area contributed by atoms with Crippen molar-refractivity contribution in [1.82, 2.24) is 39.6 Å². The zero-order chi connectivity index (χ0) is 91.8. The molecule has 3 aliphatic heterocycles. The minimum Gasteiger partial charge on any atom is -0.460 e. The molecule has 5 aromatic rings. The van der Waals surface area contributed by atoms with Gasteiger partial charge in [-0.15, -0.1) is 0 Å². The Kier molecular flexibility index (Phi) is 45.1. The third-order valence-electron chi connectivity index (χ3n) is 23.7. The Morgan fingerprint density at radius 1 is 0.693 bits per heavy atom. The number of amides is 1. The predicted octanol–water partition coefficient (Wildman–Crippen LogP) is 10.0. The number of carbonyl (C=O) groups excluding carboxylic acids is 6. The van der Waals surface area contributed by atoms with Crippen LogP contribution < -0.4 is 11.5 Å². The smallest absolute Gasteiger partial charge is 0.329 e. The second-order valence-corrected chi connectivity index (χ2v) is 33.4. The maximum Gasteiger partial charge on any atom is 0.329 e. The minimum absolute atomic E-state index is 0.0100. The molecule has 9 rings (SSSR count). The molecule has 4 aromatic heterocycles. The summed E-state index contributed by atoms with van der Waals surface area (Å²) in [6, 6.07) is 4.41. The quantitative estimate of drug-likeness (QED) is 0.0105. The first kappa shape index (κ1) is 104. The number of nitrogens with two attached hydrogens (primary N) is 2.